The second-order valence-corrected chi connectivity index (χ2v) is 23.4. The van der Waals surface area contributed by atoms with E-state index in [4.69, 9.17) is 9.97 Å². The molecule has 3 aliphatic heterocycles. The molecule has 15 rings (SSSR count). The Hall–Kier alpha value is -9.83. The number of nitrogens with one attached hydrogen (secondary N) is 8. The van der Waals surface area contributed by atoms with Gasteiger partial charge in [-0.3, -0.25) is 15.3 Å². The van der Waals surface area contributed by atoms with Crippen LogP contribution in [-0.4, -0.2) is 128 Å². The summed E-state index contributed by atoms with van der Waals surface area (Å²) in [5.41, 5.74) is 18.5. The van der Waals surface area contributed by atoms with Gasteiger partial charge >= 0.3 is 0 Å². The molecule has 85 heavy (non-hydrogen) atoms. The third-order valence-electron chi connectivity index (χ3n) is 16.4. The fourth-order valence-electron chi connectivity index (χ4n) is 12.5. The van der Waals surface area contributed by atoms with Crippen LogP contribution in [0.4, 0.5) is 0 Å². The number of aromatic hydroxyl groups is 3. The molecule has 11 N–H and O–H groups in total. The lowest BCUT2D eigenvalue weighted by atomic mass is 9.79. The summed E-state index contributed by atoms with van der Waals surface area (Å²) >= 11 is 0. The summed E-state index contributed by atoms with van der Waals surface area (Å²) in [6, 6.07) is 22.9. The molecule has 3 aliphatic rings. The number of phenolic OH excluding ortho intramolecular Hbond substituents is 3. The predicted molar refractivity (Wildman–Crippen MR) is 329 cm³/mol. The number of benzene rings is 3. The average Bonchev–Trinajstić information content (AvgIpc) is 3.62. The van der Waals surface area contributed by atoms with E-state index in [1.54, 1.807) is 61.6 Å². The number of phenols is 3. The van der Waals surface area contributed by atoms with Gasteiger partial charge in [0.25, 0.3) is 0 Å². The zero-order chi connectivity index (χ0) is 58.2. The van der Waals surface area contributed by atoms with Crippen molar-refractivity contribution in [3.05, 3.63) is 152 Å². The highest BCUT2D eigenvalue weighted by atomic mass is 16.3. The second kappa shape index (κ2) is 22.7. The first kappa shape index (κ1) is 54.4. The summed E-state index contributed by atoms with van der Waals surface area (Å²) in [4.78, 5) is 16.2. The first-order valence-electron chi connectivity index (χ1n) is 28.7. The summed E-state index contributed by atoms with van der Waals surface area (Å²) in [5, 5.41) is 80.0. The Balaban J connectivity index is 0.000000119. The molecule has 0 aliphatic carbocycles. The van der Waals surface area contributed by atoms with Gasteiger partial charge in [0, 0.05) is 105 Å². The zero-order valence-electron chi connectivity index (χ0n) is 47.6. The number of nitrogens with zero attached hydrogens (tertiary/aromatic N) is 10. The van der Waals surface area contributed by atoms with Gasteiger partial charge in [-0.15, -0.1) is 20.4 Å². The van der Waals surface area contributed by atoms with Crippen molar-refractivity contribution in [1.82, 2.24) is 91.4 Å². The number of rotatable bonds is 9. The quantitative estimate of drug-likeness (QED) is 0.0640. The van der Waals surface area contributed by atoms with E-state index in [-0.39, 0.29) is 28.3 Å². The van der Waals surface area contributed by atoms with Crippen LogP contribution in [0.5, 0.6) is 17.2 Å². The minimum Gasteiger partial charge on any atom is -0.507 e. The van der Waals surface area contributed by atoms with Crippen molar-refractivity contribution in [2.24, 2.45) is 0 Å². The molecule has 0 radical (unpaired) electrons. The van der Waals surface area contributed by atoms with Crippen LogP contribution in [0.2, 0.25) is 0 Å². The highest BCUT2D eigenvalue weighted by Gasteiger charge is 2.39. The number of aromatic nitrogens is 15. The summed E-state index contributed by atoms with van der Waals surface area (Å²) in [5.74, 6) is 1.03. The number of fused-ring (bicyclic) bond motifs is 3. The number of aromatic amines is 5. The van der Waals surface area contributed by atoms with Crippen molar-refractivity contribution in [2.45, 2.75) is 82.8 Å². The van der Waals surface area contributed by atoms with Gasteiger partial charge in [-0.2, -0.15) is 15.3 Å². The lowest BCUT2D eigenvalue weighted by Crippen LogP contribution is -2.57. The summed E-state index contributed by atoms with van der Waals surface area (Å²) in [6.07, 6.45) is 25.9. The van der Waals surface area contributed by atoms with Crippen molar-refractivity contribution in [3.8, 4) is 84.4 Å². The number of piperidine rings is 2. The molecule has 9 aromatic heterocycles. The van der Waals surface area contributed by atoms with Crippen LogP contribution in [0.25, 0.3) is 106 Å². The van der Waals surface area contributed by atoms with Crippen LogP contribution in [0.1, 0.15) is 82.9 Å². The van der Waals surface area contributed by atoms with E-state index >= 15 is 0 Å². The van der Waals surface area contributed by atoms with E-state index in [1.807, 2.05) is 60.8 Å². The van der Waals surface area contributed by atoms with Crippen LogP contribution in [0.15, 0.2) is 141 Å². The molecule has 12 heterocycles. The van der Waals surface area contributed by atoms with E-state index in [1.165, 1.54) is 11.1 Å². The normalized spacial score (nSPS) is 16.2. The van der Waals surface area contributed by atoms with Crippen molar-refractivity contribution in [3.63, 3.8) is 0 Å². The molecule has 0 unspecified atom stereocenters. The lowest BCUT2D eigenvalue weighted by molar-refractivity contribution is 0.134. The third kappa shape index (κ3) is 11.4. The molecule has 0 atom stereocenters. The number of hydrogen-bond acceptors (Lipinski definition) is 15. The van der Waals surface area contributed by atoms with Gasteiger partial charge in [-0.05, 0) is 162 Å². The lowest BCUT2D eigenvalue weighted by Gasteiger charge is -2.47. The first-order valence-corrected chi connectivity index (χ1v) is 28.7. The molecule has 0 bridgehead atoms. The topological polar surface area (TPSA) is 297 Å². The Labute approximate surface area is 488 Å². The highest BCUT2D eigenvalue weighted by Crippen LogP contribution is 2.40. The van der Waals surface area contributed by atoms with Crippen LogP contribution in [0.3, 0.4) is 0 Å². The Morgan fingerprint density at radius 2 is 1.07 bits per heavy atom. The van der Waals surface area contributed by atoms with Gasteiger partial charge in [0.05, 0.1) is 52.9 Å². The number of H-pyrrole nitrogens is 5. The molecule has 0 saturated carbocycles. The molecule has 2 fully saturated rings. The zero-order valence-corrected chi connectivity index (χ0v) is 47.6. The van der Waals surface area contributed by atoms with E-state index in [9.17, 15) is 15.3 Å². The first-order chi connectivity index (χ1) is 41.3. The molecule has 0 amide bonds. The fraction of sp³-hybridized carbons (Fsp3) is 0.266. The molecular formula is C64H66N18O3. The maximum absolute atomic E-state index is 10.6. The van der Waals surface area contributed by atoms with Crippen LogP contribution >= 0.6 is 0 Å². The van der Waals surface area contributed by atoms with Crippen molar-refractivity contribution < 1.29 is 15.3 Å². The SMILES string of the molecule is CC1(C)CC(n2ccc3nc(-c4ccc(-c5cn[nH]c5)cc4O)cnc32)CC(C)(C)N1.Oc1cc(-c2cn[nH]c2)ccc1-c1cc2[nH]cc(C3=CCNCC3)c2nn1.Oc1cc(-c2cn[nH]c2)ccc1-c1cc2[nH]cc(C3CCNCC3)c2nn1. The summed E-state index contributed by atoms with van der Waals surface area (Å²) in [6.45, 7) is 13.0. The van der Waals surface area contributed by atoms with E-state index in [0.29, 0.717) is 45.7 Å². The van der Waals surface area contributed by atoms with Crippen molar-refractivity contribution in [2.75, 3.05) is 26.2 Å². The maximum atomic E-state index is 10.6. The highest BCUT2D eigenvalue weighted by molar-refractivity contribution is 5.92. The van der Waals surface area contributed by atoms with E-state index < -0.39 is 0 Å². The monoisotopic (exact) mass is 1130 g/mol. The Morgan fingerprint density at radius 3 is 1.60 bits per heavy atom. The van der Waals surface area contributed by atoms with E-state index in [0.717, 1.165) is 130 Å². The molecule has 21 heteroatoms. The van der Waals surface area contributed by atoms with Gasteiger partial charge in [0.2, 0.25) is 0 Å². The second-order valence-electron chi connectivity index (χ2n) is 23.4. The molecule has 2 saturated heterocycles. The van der Waals surface area contributed by atoms with Gasteiger partial charge < -0.3 is 45.8 Å². The Morgan fingerprint density at radius 1 is 0.529 bits per heavy atom. The molecule has 0 spiro atoms. The standard InChI is InChI=1S/C24H28N6O.C20H20N6O.C20H18N6O/c1-23(2)10-17(11-24(3,4)29-23)30-8-7-19-22(30)25-14-20(28-19)18-6-5-15(9-21(18)31)16-12-26-27-13-16;2*27-19-7-13(14-9-23-24-10-14)1-2-15(19)17-8-18-20(26-25-17)16(11-22-18)12-3-5-21-6-4-12/h5-9,12-14,17,29,31H,10-11H2,1-4H3,(H,26,27);1-2,7-12,21-22,27H,3-6H2,(H,23,24);1-3,7-11,21-22,27H,4-6H2,(H,23,24). The summed E-state index contributed by atoms with van der Waals surface area (Å²) < 4.78 is 2.26. The van der Waals surface area contributed by atoms with Gasteiger partial charge in [0.15, 0.2) is 5.65 Å². The Kier molecular flexibility index (Phi) is 14.6. The molecular weight excluding hydrogens is 1070 g/mol. The van der Waals surface area contributed by atoms with Gasteiger partial charge in [-0.1, -0.05) is 24.3 Å². The van der Waals surface area contributed by atoms with Crippen LogP contribution < -0.4 is 16.0 Å². The molecule has 21 nitrogen and oxygen atoms in total. The van der Waals surface area contributed by atoms with Crippen LogP contribution in [-0.2, 0) is 0 Å². The number of hydrogen-bond donors (Lipinski definition) is 11. The minimum absolute atomic E-state index is 0.0545. The van der Waals surface area contributed by atoms with Gasteiger partial charge in [0.1, 0.15) is 33.8 Å². The third-order valence-corrected chi connectivity index (χ3v) is 16.4. The van der Waals surface area contributed by atoms with Crippen molar-refractivity contribution in [1.29, 1.82) is 0 Å². The largest absolute Gasteiger partial charge is 0.507 e. The molecule has 3 aromatic carbocycles. The predicted octanol–water partition coefficient (Wildman–Crippen LogP) is 11.0. The smallest absolute Gasteiger partial charge is 0.158 e. The Bertz CT molecular complexity index is 4320. The van der Waals surface area contributed by atoms with Gasteiger partial charge in [-0.25, -0.2) is 9.97 Å². The fourth-order valence-corrected chi connectivity index (χ4v) is 12.5. The minimum atomic E-state index is 0.0545. The average molecular weight is 1140 g/mol. The summed E-state index contributed by atoms with van der Waals surface area (Å²) in [7, 11) is 0. The molecule has 12 aromatic rings. The van der Waals surface area contributed by atoms with E-state index in [2.05, 4.69) is 128 Å². The molecule has 430 valence electrons. The maximum Gasteiger partial charge on any atom is 0.158 e. The van der Waals surface area contributed by atoms with Crippen LogP contribution in [0, 0.1) is 0 Å². The van der Waals surface area contributed by atoms with Crippen molar-refractivity contribution >= 4 is 38.8 Å².